The van der Waals surface area contributed by atoms with Crippen LogP contribution in [-0.2, 0) is 20.8 Å². The van der Waals surface area contributed by atoms with Gasteiger partial charge in [-0.15, -0.1) is 69.1 Å². The van der Waals surface area contributed by atoms with Crippen LogP contribution in [0.15, 0.2) is 109 Å². The fourth-order valence-corrected chi connectivity index (χ4v) is 8.43. The van der Waals surface area contributed by atoms with E-state index in [0.29, 0.717) is 11.8 Å². The van der Waals surface area contributed by atoms with Crippen LogP contribution in [0.5, 0.6) is 0 Å². The Morgan fingerprint density at radius 2 is 0.870 bits per heavy atom. The van der Waals surface area contributed by atoms with Crippen molar-refractivity contribution in [3.63, 3.8) is 0 Å². The maximum absolute atomic E-state index is 4.93. The van der Waals surface area contributed by atoms with Gasteiger partial charge in [0.25, 0.3) is 0 Å². The summed E-state index contributed by atoms with van der Waals surface area (Å²) in [7, 11) is 11.0. The molecule has 0 nitrogen and oxygen atoms in total. The molecule has 2 saturated carbocycles. The Labute approximate surface area is 348 Å². The van der Waals surface area contributed by atoms with Crippen LogP contribution < -0.4 is 0 Å². The fourth-order valence-electron chi connectivity index (χ4n) is 8.43. The van der Waals surface area contributed by atoms with Crippen LogP contribution >= 0.6 is 17.0 Å². The Kier molecular flexibility index (Phi) is 17.4. The van der Waals surface area contributed by atoms with E-state index in [0.717, 1.165) is 21.4 Å². The first-order valence-corrected chi connectivity index (χ1v) is 28.7. The van der Waals surface area contributed by atoms with Crippen LogP contribution in [0.4, 0.5) is 0 Å². The zero-order valence-electron chi connectivity index (χ0n) is 33.5. The first-order chi connectivity index (χ1) is 26.3. The van der Waals surface area contributed by atoms with Crippen molar-refractivity contribution in [2.75, 3.05) is 0 Å². The summed E-state index contributed by atoms with van der Waals surface area (Å²) >= 11 is -0.826. The van der Waals surface area contributed by atoms with E-state index in [9.17, 15) is 0 Å². The van der Waals surface area contributed by atoms with Crippen LogP contribution in [0.2, 0.25) is 13.1 Å². The molecule has 6 aromatic rings. The predicted molar refractivity (Wildman–Crippen MR) is 239 cm³/mol. The van der Waals surface area contributed by atoms with Gasteiger partial charge in [0.05, 0.1) is 0 Å². The number of benzene rings is 4. The van der Waals surface area contributed by atoms with E-state index in [4.69, 9.17) is 17.0 Å². The van der Waals surface area contributed by atoms with Crippen LogP contribution in [-0.4, -0.2) is 9.52 Å². The normalized spacial score (nSPS) is 14.9. The van der Waals surface area contributed by atoms with E-state index in [2.05, 4.69) is 150 Å². The third kappa shape index (κ3) is 11.4. The molecule has 2 radical (unpaired) electrons. The maximum atomic E-state index is 4.93. The molecule has 4 heteroatoms. The van der Waals surface area contributed by atoms with Crippen LogP contribution in [0.1, 0.15) is 138 Å². The second kappa shape index (κ2) is 21.9. The van der Waals surface area contributed by atoms with Gasteiger partial charge in [0, 0.05) is 9.52 Å². The Bertz CT molecular complexity index is 1820. The molecule has 0 aliphatic heterocycles. The summed E-state index contributed by atoms with van der Waals surface area (Å²) in [6.07, 6.45) is 13.9. The topological polar surface area (TPSA) is 0 Å². The summed E-state index contributed by atoms with van der Waals surface area (Å²) in [6.45, 7) is 13.4. The van der Waals surface area contributed by atoms with Crippen molar-refractivity contribution < 1.29 is 20.8 Å². The molecule has 0 spiro atoms. The van der Waals surface area contributed by atoms with Crippen molar-refractivity contribution in [3.05, 3.63) is 131 Å². The average Bonchev–Trinajstić information content (AvgIpc) is 3.86. The molecule has 2 aliphatic rings. The monoisotopic (exact) mass is 848 g/mol. The molecule has 0 heterocycles. The third-order valence-corrected chi connectivity index (χ3v) is 11.5. The molecule has 2 aliphatic carbocycles. The molecule has 0 aromatic heterocycles. The average molecular weight is 851 g/mol. The number of rotatable bonds is 6. The van der Waals surface area contributed by atoms with Gasteiger partial charge in [-0.05, 0) is 71.6 Å². The van der Waals surface area contributed by atoms with E-state index in [1.165, 1.54) is 130 Å². The Morgan fingerprint density at radius 1 is 0.537 bits per heavy atom. The minimum atomic E-state index is -0.826. The summed E-state index contributed by atoms with van der Waals surface area (Å²) in [4.78, 5) is 0. The molecule has 54 heavy (non-hydrogen) atoms. The fraction of sp³-hybridized carbons (Fsp3) is 0.400. The Balaban J connectivity index is 0.000000182. The van der Waals surface area contributed by atoms with E-state index in [-0.39, 0.29) is 0 Å². The van der Waals surface area contributed by atoms with Gasteiger partial charge in [-0.2, -0.15) is 12.1 Å². The zero-order valence-corrected chi connectivity index (χ0v) is 38.5. The molecule has 0 N–H and O–H groups in total. The van der Waals surface area contributed by atoms with Crippen molar-refractivity contribution in [2.24, 2.45) is 0 Å². The first-order valence-electron chi connectivity index (χ1n) is 20.4. The summed E-state index contributed by atoms with van der Waals surface area (Å²) in [5.74, 6) is 2.74. The van der Waals surface area contributed by atoms with Crippen LogP contribution in [0, 0.1) is 0 Å². The van der Waals surface area contributed by atoms with Gasteiger partial charge in [-0.1, -0.05) is 151 Å². The Morgan fingerprint density at radius 3 is 1.19 bits per heavy atom. The molecule has 8 rings (SSSR count). The third-order valence-electron chi connectivity index (χ3n) is 11.5. The van der Waals surface area contributed by atoms with E-state index in [1.807, 2.05) is 0 Å². The van der Waals surface area contributed by atoms with Crippen LogP contribution in [0.3, 0.4) is 0 Å². The summed E-state index contributed by atoms with van der Waals surface area (Å²) in [5.41, 5.74) is 11.4. The minimum absolute atomic E-state index is 0.582. The number of fused-ring (bicyclic) bond motifs is 2. The van der Waals surface area contributed by atoms with Gasteiger partial charge in [0.2, 0.25) is 0 Å². The molecule has 0 unspecified atom stereocenters. The van der Waals surface area contributed by atoms with Gasteiger partial charge < -0.3 is 0 Å². The number of halogens is 2. The molecule has 6 aromatic carbocycles. The molecule has 0 amide bonds. The van der Waals surface area contributed by atoms with Crippen molar-refractivity contribution in [1.29, 1.82) is 0 Å². The Hall–Kier alpha value is -2.22. The van der Waals surface area contributed by atoms with E-state index >= 15 is 0 Å². The van der Waals surface area contributed by atoms with E-state index in [1.54, 1.807) is 0 Å². The van der Waals surface area contributed by atoms with Crippen molar-refractivity contribution in [3.8, 4) is 22.3 Å². The van der Waals surface area contributed by atoms with Gasteiger partial charge in [-0.25, -0.2) is 0 Å². The molecular formula is C50H60Cl2SiZr. The molecule has 282 valence electrons. The van der Waals surface area contributed by atoms with Gasteiger partial charge in [0.15, 0.2) is 0 Å². The van der Waals surface area contributed by atoms with Gasteiger partial charge in [-0.3, -0.25) is 0 Å². The second-order valence-electron chi connectivity index (χ2n) is 16.0. The summed E-state index contributed by atoms with van der Waals surface area (Å²) in [5, 5.41) is 5.53. The van der Waals surface area contributed by atoms with Crippen LogP contribution in [0.25, 0.3) is 43.8 Å². The summed E-state index contributed by atoms with van der Waals surface area (Å²) < 4.78 is 0. The number of hydrogen-bond acceptors (Lipinski definition) is 0. The molecule has 0 atom stereocenters. The zero-order chi connectivity index (χ0) is 38.5. The standard InChI is InChI=1S/2C24H27.C2H6Si.2ClH.Zr/c2*1-17(2)22-15-21-9-6-10-23(24(21)16-22)20-13-11-19(12-14-20)18-7-4-3-5-8-18;1-3-2;;;/h2*6,9-18H,3-5,7-8H2,1-2H3;1-2H3;2*1H;/q2*-1;;;;+4/p-2. The predicted octanol–water partition coefficient (Wildman–Crippen LogP) is 17.0. The van der Waals surface area contributed by atoms with Gasteiger partial charge in [0.1, 0.15) is 0 Å². The number of hydrogen-bond donors (Lipinski definition) is 0. The SMILES string of the molecule is CC(C)c1cc2c(-c3ccc(C4CCCCC4)cc3)cccc2[cH-]1.CC(C)c1cc2c(-c3ccc(C4CCCCC4)cc3)cccc2[cH-]1.C[Si]C.[Cl][Zr+2][Cl]. The van der Waals surface area contributed by atoms with Crippen molar-refractivity contribution in [2.45, 2.75) is 129 Å². The quantitative estimate of drug-likeness (QED) is 0.116. The van der Waals surface area contributed by atoms with Crippen molar-refractivity contribution >= 4 is 48.1 Å². The van der Waals surface area contributed by atoms with E-state index < -0.39 is 20.8 Å². The molecule has 2 fully saturated rings. The second-order valence-corrected chi connectivity index (χ2v) is 20.7. The van der Waals surface area contributed by atoms with Crippen molar-refractivity contribution in [1.82, 2.24) is 0 Å². The molecule has 0 saturated heterocycles. The molecular weight excluding hydrogens is 791 g/mol. The van der Waals surface area contributed by atoms with Gasteiger partial charge >= 0.3 is 37.9 Å². The summed E-state index contributed by atoms with van der Waals surface area (Å²) in [6, 6.07) is 41.7. The molecule has 0 bridgehead atoms. The first kappa shape index (κ1) is 42.9.